The molecule has 4 heteroatoms. The molecule has 0 amide bonds. The number of aromatic carboxylic acids is 1. The lowest BCUT2D eigenvalue weighted by Crippen LogP contribution is -1.95. The van der Waals surface area contributed by atoms with Crippen LogP contribution < -0.4 is 0 Å². The first-order chi connectivity index (χ1) is 9.67. The van der Waals surface area contributed by atoms with E-state index in [0.29, 0.717) is 5.56 Å². The predicted molar refractivity (Wildman–Crippen MR) is 81.4 cm³/mol. The van der Waals surface area contributed by atoms with Gasteiger partial charge in [0, 0.05) is 10.9 Å². The quantitative estimate of drug-likeness (QED) is 0.782. The Kier molecular flexibility index (Phi) is 3.24. The minimum Gasteiger partial charge on any atom is -0.478 e. The zero-order valence-electron chi connectivity index (χ0n) is 11.0. The fraction of sp³-hybridized carbons (Fsp3) is 0.125. The van der Waals surface area contributed by atoms with Crippen molar-refractivity contribution in [3.8, 4) is 10.6 Å². The van der Waals surface area contributed by atoms with Gasteiger partial charge >= 0.3 is 5.97 Å². The molecule has 1 heterocycles. The Morgan fingerprint density at radius 1 is 1.20 bits per heavy atom. The minimum absolute atomic E-state index is 0.308. The maximum atomic E-state index is 11.0. The zero-order valence-corrected chi connectivity index (χ0v) is 11.8. The molecule has 0 saturated heterocycles. The Bertz CT molecular complexity index is 792. The van der Waals surface area contributed by atoms with Crippen molar-refractivity contribution in [2.45, 2.75) is 13.3 Å². The molecule has 0 atom stereocenters. The smallest absolute Gasteiger partial charge is 0.335 e. The first-order valence-electron chi connectivity index (χ1n) is 6.39. The van der Waals surface area contributed by atoms with Crippen LogP contribution in [0, 0.1) is 0 Å². The van der Waals surface area contributed by atoms with Crippen LogP contribution in [0.1, 0.15) is 23.0 Å². The second-order valence-electron chi connectivity index (χ2n) is 4.58. The third-order valence-electron chi connectivity index (χ3n) is 3.25. The summed E-state index contributed by atoms with van der Waals surface area (Å²) < 4.78 is 0. The van der Waals surface area contributed by atoms with E-state index in [1.165, 1.54) is 0 Å². The van der Waals surface area contributed by atoms with Crippen molar-refractivity contribution in [3.63, 3.8) is 0 Å². The molecule has 0 aliphatic rings. The molecule has 0 aliphatic carbocycles. The largest absolute Gasteiger partial charge is 0.478 e. The van der Waals surface area contributed by atoms with E-state index in [2.05, 4.69) is 17.3 Å². The summed E-state index contributed by atoms with van der Waals surface area (Å²) >= 11 is 1.62. The molecule has 1 N–H and O–H groups in total. The van der Waals surface area contributed by atoms with E-state index in [9.17, 15) is 4.79 Å². The zero-order chi connectivity index (χ0) is 14.1. The number of hydrogen-bond acceptors (Lipinski definition) is 3. The van der Waals surface area contributed by atoms with Gasteiger partial charge in [0.25, 0.3) is 0 Å². The average Bonchev–Trinajstić information content (AvgIpc) is 2.95. The summed E-state index contributed by atoms with van der Waals surface area (Å²) in [5, 5.41) is 14.1. The number of nitrogens with zero attached hydrogens (tertiary/aromatic N) is 1. The molecule has 0 aliphatic heterocycles. The van der Waals surface area contributed by atoms with Crippen LogP contribution in [0.5, 0.6) is 0 Å². The standard InChI is InChI=1S/C16H13NO2S/c1-2-14-9-20-15(17-14)11-5-3-10-4-6-12(16(18)19)8-13(10)7-11/h3-9H,2H2,1H3,(H,18,19). The monoisotopic (exact) mass is 283 g/mol. The second kappa shape index (κ2) is 5.06. The lowest BCUT2D eigenvalue weighted by molar-refractivity contribution is 0.0697. The van der Waals surface area contributed by atoms with Crippen LogP contribution in [0.2, 0.25) is 0 Å². The van der Waals surface area contributed by atoms with Gasteiger partial charge in [0.05, 0.1) is 11.3 Å². The summed E-state index contributed by atoms with van der Waals surface area (Å²) in [7, 11) is 0. The molecular formula is C16H13NO2S. The van der Waals surface area contributed by atoms with Gasteiger partial charge in [-0.15, -0.1) is 11.3 Å². The molecule has 0 unspecified atom stereocenters. The minimum atomic E-state index is -0.903. The third kappa shape index (κ3) is 2.30. The first-order valence-corrected chi connectivity index (χ1v) is 7.27. The molecule has 3 rings (SSSR count). The van der Waals surface area contributed by atoms with E-state index >= 15 is 0 Å². The van der Waals surface area contributed by atoms with E-state index in [1.54, 1.807) is 23.5 Å². The highest BCUT2D eigenvalue weighted by atomic mass is 32.1. The number of aryl methyl sites for hydroxylation is 1. The Morgan fingerprint density at radius 3 is 2.70 bits per heavy atom. The topological polar surface area (TPSA) is 50.2 Å². The maximum absolute atomic E-state index is 11.0. The van der Waals surface area contributed by atoms with Crippen molar-refractivity contribution < 1.29 is 9.90 Å². The highest BCUT2D eigenvalue weighted by Gasteiger charge is 2.07. The number of carbonyl (C=O) groups is 1. The Hall–Kier alpha value is -2.20. The van der Waals surface area contributed by atoms with Crippen molar-refractivity contribution in [1.29, 1.82) is 0 Å². The molecule has 0 radical (unpaired) electrons. The van der Waals surface area contributed by atoms with Crippen molar-refractivity contribution in [2.24, 2.45) is 0 Å². The van der Waals surface area contributed by atoms with Crippen molar-refractivity contribution in [3.05, 3.63) is 53.0 Å². The predicted octanol–water partition coefficient (Wildman–Crippen LogP) is 4.22. The number of carboxylic acids is 1. The number of benzene rings is 2. The molecule has 0 bridgehead atoms. The number of carboxylic acid groups (broad SMARTS) is 1. The van der Waals surface area contributed by atoms with Gasteiger partial charge in [-0.1, -0.05) is 25.1 Å². The van der Waals surface area contributed by atoms with E-state index in [-0.39, 0.29) is 0 Å². The molecule has 20 heavy (non-hydrogen) atoms. The number of fused-ring (bicyclic) bond motifs is 1. The molecule has 100 valence electrons. The van der Waals surface area contributed by atoms with Crippen molar-refractivity contribution >= 4 is 28.1 Å². The van der Waals surface area contributed by atoms with Gasteiger partial charge in [-0.25, -0.2) is 9.78 Å². The van der Waals surface area contributed by atoms with Crippen LogP contribution in [0.4, 0.5) is 0 Å². The van der Waals surface area contributed by atoms with Gasteiger partial charge < -0.3 is 5.11 Å². The van der Waals surface area contributed by atoms with Gasteiger partial charge in [0.1, 0.15) is 5.01 Å². The number of rotatable bonds is 3. The summed E-state index contributed by atoms with van der Waals surface area (Å²) in [4.78, 5) is 15.6. The molecule has 0 fully saturated rings. The van der Waals surface area contributed by atoms with Crippen LogP contribution in [0.3, 0.4) is 0 Å². The Labute approximate surface area is 120 Å². The van der Waals surface area contributed by atoms with E-state index < -0.39 is 5.97 Å². The lowest BCUT2D eigenvalue weighted by atomic mass is 10.0. The van der Waals surface area contributed by atoms with E-state index in [1.807, 2.05) is 24.3 Å². The SMILES string of the molecule is CCc1csc(-c2ccc3ccc(C(=O)O)cc3c2)n1. The summed E-state index contributed by atoms with van der Waals surface area (Å²) in [6, 6.07) is 11.2. The van der Waals surface area contributed by atoms with Gasteiger partial charge in [0.2, 0.25) is 0 Å². The number of aromatic nitrogens is 1. The van der Waals surface area contributed by atoms with Gasteiger partial charge in [-0.3, -0.25) is 0 Å². The molecule has 3 aromatic rings. The van der Waals surface area contributed by atoms with Crippen LogP contribution in [-0.2, 0) is 6.42 Å². The molecular weight excluding hydrogens is 270 g/mol. The van der Waals surface area contributed by atoms with Gasteiger partial charge in [-0.05, 0) is 35.4 Å². The molecule has 0 saturated carbocycles. The van der Waals surface area contributed by atoms with Crippen molar-refractivity contribution in [1.82, 2.24) is 4.98 Å². The molecule has 1 aromatic heterocycles. The molecule has 0 spiro atoms. The summed E-state index contributed by atoms with van der Waals surface area (Å²) in [5.41, 5.74) is 2.43. The molecule has 3 nitrogen and oxygen atoms in total. The highest BCUT2D eigenvalue weighted by molar-refractivity contribution is 7.13. The van der Waals surface area contributed by atoms with Gasteiger partial charge in [0.15, 0.2) is 0 Å². The second-order valence-corrected chi connectivity index (χ2v) is 5.44. The van der Waals surface area contributed by atoms with Crippen LogP contribution in [0.25, 0.3) is 21.3 Å². The van der Waals surface area contributed by atoms with E-state index in [4.69, 9.17) is 5.11 Å². The first kappa shape index (κ1) is 12.8. The molecule has 2 aromatic carbocycles. The average molecular weight is 283 g/mol. The normalized spacial score (nSPS) is 10.8. The summed E-state index contributed by atoms with van der Waals surface area (Å²) in [6.07, 6.45) is 0.924. The van der Waals surface area contributed by atoms with Gasteiger partial charge in [-0.2, -0.15) is 0 Å². The Morgan fingerprint density at radius 2 is 2.00 bits per heavy atom. The fourth-order valence-corrected chi connectivity index (χ4v) is 3.01. The maximum Gasteiger partial charge on any atom is 0.335 e. The van der Waals surface area contributed by atoms with Crippen LogP contribution in [0.15, 0.2) is 41.8 Å². The van der Waals surface area contributed by atoms with Crippen LogP contribution in [-0.4, -0.2) is 16.1 Å². The van der Waals surface area contributed by atoms with Crippen molar-refractivity contribution in [2.75, 3.05) is 0 Å². The summed E-state index contributed by atoms with van der Waals surface area (Å²) in [5.74, 6) is -0.903. The Balaban J connectivity index is 2.10. The number of hydrogen-bond donors (Lipinski definition) is 1. The van der Waals surface area contributed by atoms with E-state index in [0.717, 1.165) is 33.5 Å². The highest BCUT2D eigenvalue weighted by Crippen LogP contribution is 2.28. The fourth-order valence-electron chi connectivity index (χ4n) is 2.11. The third-order valence-corrected chi connectivity index (χ3v) is 4.19. The number of thiazole rings is 1. The summed E-state index contributed by atoms with van der Waals surface area (Å²) in [6.45, 7) is 2.08. The van der Waals surface area contributed by atoms with Crippen LogP contribution >= 0.6 is 11.3 Å². The lowest BCUT2D eigenvalue weighted by Gasteiger charge is -2.02.